The second-order valence-electron chi connectivity index (χ2n) is 4.67. The number of nitrogens with two attached hydrogens (primary N) is 1. The van der Waals surface area contributed by atoms with Gasteiger partial charge in [-0.1, -0.05) is 36.7 Å². The third kappa shape index (κ3) is 2.69. The van der Waals surface area contributed by atoms with Gasteiger partial charge in [-0.15, -0.1) is 0 Å². The Labute approximate surface area is 97.4 Å². The van der Waals surface area contributed by atoms with Crippen LogP contribution in [0.15, 0.2) is 16.6 Å². The summed E-state index contributed by atoms with van der Waals surface area (Å²) in [5, 5.41) is 9.58. The maximum absolute atomic E-state index is 13.3. The molecule has 1 rings (SSSR count). The van der Waals surface area contributed by atoms with Gasteiger partial charge in [0.1, 0.15) is 0 Å². The molecule has 0 fully saturated rings. The molecule has 0 bridgehead atoms. The van der Waals surface area contributed by atoms with Gasteiger partial charge < -0.3 is 10.8 Å². The smallest absolute Gasteiger partial charge is 0.166 e. The van der Waals surface area contributed by atoms with E-state index in [4.69, 9.17) is 5.73 Å². The van der Waals surface area contributed by atoms with Gasteiger partial charge in [-0.2, -0.15) is 0 Å². The highest BCUT2D eigenvalue weighted by Crippen LogP contribution is 2.37. The SMILES string of the molecule is CC(C)(C)[C@H](N)c1cc(Br)cc(F)c1O. The summed E-state index contributed by atoms with van der Waals surface area (Å²) in [5.41, 5.74) is 6.16. The van der Waals surface area contributed by atoms with Crippen LogP contribution in [0.4, 0.5) is 4.39 Å². The molecule has 0 aliphatic carbocycles. The molecule has 0 saturated carbocycles. The third-order valence-corrected chi connectivity index (χ3v) is 2.78. The van der Waals surface area contributed by atoms with Crippen molar-refractivity contribution in [2.75, 3.05) is 0 Å². The molecule has 0 radical (unpaired) electrons. The molecule has 4 heteroatoms. The van der Waals surface area contributed by atoms with Crippen molar-refractivity contribution in [3.05, 3.63) is 28.0 Å². The largest absolute Gasteiger partial charge is 0.505 e. The average molecular weight is 276 g/mol. The molecular formula is C11H15BrFNO. The van der Waals surface area contributed by atoms with Crippen molar-refractivity contribution in [1.82, 2.24) is 0 Å². The Bertz CT molecular complexity index is 374. The van der Waals surface area contributed by atoms with Crippen LogP contribution >= 0.6 is 15.9 Å². The molecule has 15 heavy (non-hydrogen) atoms. The van der Waals surface area contributed by atoms with Crippen LogP contribution in [0.5, 0.6) is 5.75 Å². The number of hydrogen-bond donors (Lipinski definition) is 2. The summed E-state index contributed by atoms with van der Waals surface area (Å²) in [6.07, 6.45) is 0. The molecule has 0 aliphatic rings. The standard InChI is InChI=1S/C11H15BrFNO/c1-11(2,3)10(14)7-4-6(12)5-8(13)9(7)15/h4-5,10,15H,14H2,1-3H3/t10-/m1/s1. The van der Waals surface area contributed by atoms with E-state index >= 15 is 0 Å². The summed E-state index contributed by atoms with van der Waals surface area (Å²) in [4.78, 5) is 0. The van der Waals surface area contributed by atoms with Gasteiger partial charge in [-0.05, 0) is 17.5 Å². The molecule has 1 atom stereocenters. The maximum atomic E-state index is 13.3. The summed E-state index contributed by atoms with van der Waals surface area (Å²) >= 11 is 3.18. The number of aromatic hydroxyl groups is 1. The zero-order chi connectivity index (χ0) is 11.8. The predicted molar refractivity (Wildman–Crippen MR) is 62.1 cm³/mol. The summed E-state index contributed by atoms with van der Waals surface area (Å²) < 4.78 is 13.8. The van der Waals surface area contributed by atoms with Gasteiger partial charge in [0, 0.05) is 16.1 Å². The molecule has 1 aromatic rings. The number of phenols is 1. The number of rotatable bonds is 1. The van der Waals surface area contributed by atoms with Crippen molar-refractivity contribution in [2.24, 2.45) is 11.1 Å². The lowest BCUT2D eigenvalue weighted by Gasteiger charge is -2.28. The Kier molecular flexibility index (Phi) is 3.41. The van der Waals surface area contributed by atoms with E-state index in [9.17, 15) is 9.50 Å². The highest BCUT2D eigenvalue weighted by molar-refractivity contribution is 9.10. The van der Waals surface area contributed by atoms with Gasteiger partial charge in [0.15, 0.2) is 11.6 Å². The van der Waals surface area contributed by atoms with E-state index < -0.39 is 11.9 Å². The topological polar surface area (TPSA) is 46.2 Å². The lowest BCUT2D eigenvalue weighted by atomic mass is 9.83. The molecule has 1 aromatic carbocycles. The number of hydrogen-bond acceptors (Lipinski definition) is 2. The van der Waals surface area contributed by atoms with Gasteiger partial charge in [0.25, 0.3) is 0 Å². The van der Waals surface area contributed by atoms with Crippen molar-refractivity contribution >= 4 is 15.9 Å². The minimum Gasteiger partial charge on any atom is -0.505 e. The van der Waals surface area contributed by atoms with Gasteiger partial charge in [0.2, 0.25) is 0 Å². The van der Waals surface area contributed by atoms with Gasteiger partial charge in [-0.3, -0.25) is 0 Å². The third-order valence-electron chi connectivity index (χ3n) is 2.33. The van der Waals surface area contributed by atoms with Gasteiger partial charge in [-0.25, -0.2) is 4.39 Å². The molecule has 0 heterocycles. The Morgan fingerprint density at radius 2 is 1.93 bits per heavy atom. The lowest BCUT2D eigenvalue weighted by Crippen LogP contribution is -2.26. The van der Waals surface area contributed by atoms with E-state index in [2.05, 4.69) is 15.9 Å². The molecule has 84 valence electrons. The van der Waals surface area contributed by atoms with Gasteiger partial charge in [0.05, 0.1) is 0 Å². The van der Waals surface area contributed by atoms with Crippen molar-refractivity contribution in [3.8, 4) is 5.75 Å². The van der Waals surface area contributed by atoms with Crippen LogP contribution in [0, 0.1) is 11.2 Å². The van der Waals surface area contributed by atoms with Crippen LogP contribution in [0.2, 0.25) is 0 Å². The van der Waals surface area contributed by atoms with E-state index in [0.717, 1.165) is 0 Å². The van der Waals surface area contributed by atoms with E-state index in [1.54, 1.807) is 6.07 Å². The van der Waals surface area contributed by atoms with E-state index in [1.165, 1.54) is 6.07 Å². The summed E-state index contributed by atoms with van der Waals surface area (Å²) in [7, 11) is 0. The molecule has 0 unspecified atom stereocenters. The van der Waals surface area contributed by atoms with E-state index in [0.29, 0.717) is 10.0 Å². The van der Waals surface area contributed by atoms with E-state index in [-0.39, 0.29) is 11.2 Å². The highest BCUT2D eigenvalue weighted by Gasteiger charge is 2.26. The summed E-state index contributed by atoms with van der Waals surface area (Å²) in [5.74, 6) is -1.01. The zero-order valence-corrected chi connectivity index (χ0v) is 10.6. The lowest BCUT2D eigenvalue weighted by molar-refractivity contribution is 0.313. The Morgan fingerprint density at radius 3 is 2.40 bits per heavy atom. The zero-order valence-electron chi connectivity index (χ0n) is 9.01. The minimum absolute atomic E-state index is 0.231. The molecule has 0 saturated heterocycles. The fourth-order valence-electron chi connectivity index (χ4n) is 1.29. The molecule has 0 aliphatic heterocycles. The molecular weight excluding hydrogens is 261 g/mol. The second-order valence-corrected chi connectivity index (χ2v) is 5.58. The first-order chi connectivity index (χ1) is 6.73. The Hall–Kier alpha value is -0.610. The summed E-state index contributed by atoms with van der Waals surface area (Å²) in [6, 6.07) is 2.45. The number of phenolic OH excluding ortho intramolecular Hbond substituents is 1. The van der Waals surface area contributed by atoms with E-state index in [1.807, 2.05) is 20.8 Å². The number of benzene rings is 1. The Balaban J connectivity index is 3.25. The quantitative estimate of drug-likeness (QED) is 0.826. The van der Waals surface area contributed by atoms with Crippen LogP contribution in [0.1, 0.15) is 32.4 Å². The van der Waals surface area contributed by atoms with Crippen molar-refractivity contribution < 1.29 is 9.50 Å². The second kappa shape index (κ2) is 4.10. The van der Waals surface area contributed by atoms with Crippen molar-refractivity contribution in [3.63, 3.8) is 0 Å². The predicted octanol–water partition coefficient (Wildman–Crippen LogP) is 3.34. The molecule has 2 nitrogen and oxygen atoms in total. The maximum Gasteiger partial charge on any atom is 0.166 e. The molecule has 3 N–H and O–H groups in total. The first-order valence-corrected chi connectivity index (χ1v) is 5.46. The van der Waals surface area contributed by atoms with Crippen LogP contribution in [-0.4, -0.2) is 5.11 Å². The monoisotopic (exact) mass is 275 g/mol. The van der Waals surface area contributed by atoms with Gasteiger partial charge >= 0.3 is 0 Å². The minimum atomic E-state index is -0.654. The van der Waals surface area contributed by atoms with Crippen molar-refractivity contribution in [2.45, 2.75) is 26.8 Å². The highest BCUT2D eigenvalue weighted by atomic mass is 79.9. The fraction of sp³-hybridized carbons (Fsp3) is 0.455. The first-order valence-electron chi connectivity index (χ1n) is 4.67. The summed E-state index contributed by atoms with van der Waals surface area (Å²) in [6.45, 7) is 5.82. The average Bonchev–Trinajstić information content (AvgIpc) is 2.08. The molecule has 0 amide bonds. The first kappa shape index (κ1) is 12.5. The number of halogens is 2. The molecule has 0 aromatic heterocycles. The Morgan fingerprint density at radius 1 is 1.40 bits per heavy atom. The van der Waals surface area contributed by atoms with Crippen LogP contribution in [-0.2, 0) is 0 Å². The van der Waals surface area contributed by atoms with Crippen molar-refractivity contribution in [1.29, 1.82) is 0 Å². The normalized spacial score (nSPS) is 14.0. The van der Waals surface area contributed by atoms with Crippen LogP contribution in [0.25, 0.3) is 0 Å². The fourth-order valence-corrected chi connectivity index (χ4v) is 1.74. The van der Waals surface area contributed by atoms with Crippen LogP contribution < -0.4 is 5.73 Å². The molecule has 0 spiro atoms. The van der Waals surface area contributed by atoms with Crippen LogP contribution in [0.3, 0.4) is 0 Å².